The zero-order chi connectivity index (χ0) is 14.9. The van der Waals surface area contributed by atoms with E-state index in [4.69, 9.17) is 4.42 Å². The highest BCUT2D eigenvalue weighted by Gasteiger charge is 2.26. The molecule has 2 aromatic rings. The summed E-state index contributed by atoms with van der Waals surface area (Å²) in [5.74, 6) is 0.538. The van der Waals surface area contributed by atoms with E-state index in [0.717, 1.165) is 22.3 Å². The Hall–Kier alpha value is -1.81. The number of hydrogen-bond acceptors (Lipinski definition) is 3. The number of amides is 1. The topological polar surface area (TPSA) is 62.5 Å². The Morgan fingerprint density at radius 2 is 1.90 bits per heavy atom. The van der Waals surface area contributed by atoms with Gasteiger partial charge in [0.15, 0.2) is 0 Å². The minimum Gasteiger partial charge on any atom is -0.459 e. The normalized spacial score (nSPS) is 14.5. The Bertz CT molecular complexity index is 613. The van der Waals surface area contributed by atoms with E-state index < -0.39 is 6.10 Å². The largest absolute Gasteiger partial charge is 0.459 e. The van der Waals surface area contributed by atoms with Crippen LogP contribution in [0.4, 0.5) is 0 Å². The molecule has 1 amide bonds. The average molecular weight is 275 g/mol. The maximum atomic E-state index is 11.8. The van der Waals surface area contributed by atoms with E-state index in [1.807, 2.05) is 45.0 Å². The molecule has 4 heteroatoms. The van der Waals surface area contributed by atoms with Crippen LogP contribution in [-0.4, -0.2) is 17.1 Å². The van der Waals surface area contributed by atoms with Crippen LogP contribution < -0.4 is 5.32 Å². The van der Waals surface area contributed by atoms with Crippen LogP contribution >= 0.6 is 0 Å². The minimum atomic E-state index is -1.03. The van der Waals surface area contributed by atoms with Crippen molar-refractivity contribution >= 4 is 16.9 Å². The molecule has 0 saturated carbocycles. The van der Waals surface area contributed by atoms with Gasteiger partial charge < -0.3 is 14.8 Å². The van der Waals surface area contributed by atoms with Crippen LogP contribution in [0, 0.1) is 12.8 Å². The minimum absolute atomic E-state index is 0.164. The number of aliphatic hydroxyl groups is 1. The van der Waals surface area contributed by atoms with Gasteiger partial charge in [-0.05, 0) is 25.8 Å². The summed E-state index contributed by atoms with van der Waals surface area (Å²) < 4.78 is 5.91. The van der Waals surface area contributed by atoms with Crippen molar-refractivity contribution in [3.63, 3.8) is 0 Å². The smallest absolute Gasteiger partial charge is 0.249 e. The van der Waals surface area contributed by atoms with Crippen LogP contribution in [0.25, 0.3) is 11.0 Å². The average Bonchev–Trinajstić information content (AvgIpc) is 2.73. The highest BCUT2D eigenvalue weighted by molar-refractivity contribution is 5.83. The van der Waals surface area contributed by atoms with Crippen LogP contribution in [0.2, 0.25) is 0 Å². The van der Waals surface area contributed by atoms with Gasteiger partial charge in [0.1, 0.15) is 17.4 Å². The number of fused-ring (bicyclic) bond motifs is 1. The highest BCUT2D eigenvalue weighted by Crippen LogP contribution is 2.32. The van der Waals surface area contributed by atoms with Crippen LogP contribution in [0.1, 0.15) is 38.1 Å². The fourth-order valence-corrected chi connectivity index (χ4v) is 2.30. The van der Waals surface area contributed by atoms with Gasteiger partial charge in [0, 0.05) is 10.9 Å². The molecule has 0 aliphatic carbocycles. The molecule has 0 radical (unpaired) electrons. The second-order valence-electron chi connectivity index (χ2n) is 5.49. The Kier molecular flexibility index (Phi) is 4.14. The fourth-order valence-electron chi connectivity index (χ4n) is 2.30. The molecule has 2 unspecified atom stereocenters. The number of rotatable bonds is 4. The summed E-state index contributed by atoms with van der Waals surface area (Å²) in [6, 6.07) is 7.57. The van der Waals surface area contributed by atoms with Crippen molar-refractivity contribution in [3.8, 4) is 0 Å². The Morgan fingerprint density at radius 3 is 2.45 bits per heavy atom. The number of carbonyl (C=O) groups is 1. The quantitative estimate of drug-likeness (QED) is 0.901. The summed E-state index contributed by atoms with van der Waals surface area (Å²) in [7, 11) is 0. The van der Waals surface area contributed by atoms with Crippen molar-refractivity contribution in [2.24, 2.45) is 5.92 Å². The monoisotopic (exact) mass is 275 g/mol. The first-order chi connectivity index (χ1) is 9.41. The molecule has 0 saturated heterocycles. The Labute approximate surface area is 118 Å². The third-order valence-electron chi connectivity index (χ3n) is 3.51. The van der Waals surface area contributed by atoms with Gasteiger partial charge in [-0.1, -0.05) is 32.0 Å². The van der Waals surface area contributed by atoms with Gasteiger partial charge in [-0.15, -0.1) is 0 Å². The lowest BCUT2D eigenvalue weighted by atomic mass is 9.98. The molecule has 2 atom stereocenters. The number of furan rings is 1. The summed E-state index contributed by atoms with van der Waals surface area (Å²) in [6.07, 6.45) is -1.03. The molecule has 0 fully saturated rings. The molecule has 1 aromatic carbocycles. The maximum absolute atomic E-state index is 11.8. The van der Waals surface area contributed by atoms with E-state index >= 15 is 0 Å². The van der Waals surface area contributed by atoms with Crippen LogP contribution in [0.3, 0.4) is 0 Å². The number of nitrogens with one attached hydrogen (secondary N) is 1. The Morgan fingerprint density at radius 1 is 1.25 bits per heavy atom. The van der Waals surface area contributed by atoms with Crippen LogP contribution in [0.15, 0.2) is 28.7 Å². The third kappa shape index (κ3) is 2.70. The molecular formula is C16H21NO3. The van der Waals surface area contributed by atoms with Crippen LogP contribution in [-0.2, 0) is 4.79 Å². The molecule has 108 valence electrons. The molecular weight excluding hydrogens is 254 g/mol. The standard InChI is InChI=1S/C16H21NO3/c1-9(2)14(17-16(19)11(4)18)15-10(3)12-7-5-6-8-13(12)20-15/h5-9,11,14,18H,1-4H3,(H,17,19). The third-order valence-corrected chi connectivity index (χ3v) is 3.51. The summed E-state index contributed by atoms with van der Waals surface area (Å²) in [6.45, 7) is 7.47. The van der Waals surface area contributed by atoms with Gasteiger partial charge in [-0.3, -0.25) is 4.79 Å². The lowest BCUT2D eigenvalue weighted by molar-refractivity contribution is -0.129. The molecule has 0 bridgehead atoms. The highest BCUT2D eigenvalue weighted by atomic mass is 16.3. The number of aryl methyl sites for hydroxylation is 1. The number of para-hydroxylation sites is 1. The van der Waals surface area contributed by atoms with Crippen molar-refractivity contribution in [2.45, 2.75) is 39.8 Å². The zero-order valence-corrected chi connectivity index (χ0v) is 12.3. The van der Waals surface area contributed by atoms with E-state index in [-0.39, 0.29) is 17.9 Å². The predicted molar refractivity (Wildman–Crippen MR) is 78.4 cm³/mol. The number of carbonyl (C=O) groups excluding carboxylic acids is 1. The fraction of sp³-hybridized carbons (Fsp3) is 0.438. The molecule has 4 nitrogen and oxygen atoms in total. The molecule has 0 aliphatic rings. The van der Waals surface area contributed by atoms with Crippen molar-refractivity contribution in [1.82, 2.24) is 5.32 Å². The SMILES string of the molecule is Cc1c(C(NC(=O)C(C)O)C(C)C)oc2ccccc12. The number of benzene rings is 1. The van der Waals surface area contributed by atoms with Gasteiger partial charge in [-0.25, -0.2) is 0 Å². The van der Waals surface area contributed by atoms with Gasteiger partial charge in [0.25, 0.3) is 0 Å². The van der Waals surface area contributed by atoms with Crippen LogP contribution in [0.5, 0.6) is 0 Å². The second kappa shape index (κ2) is 5.67. The first kappa shape index (κ1) is 14.6. The lowest BCUT2D eigenvalue weighted by Crippen LogP contribution is -2.37. The van der Waals surface area contributed by atoms with Crippen molar-refractivity contribution in [2.75, 3.05) is 0 Å². The summed E-state index contributed by atoms with van der Waals surface area (Å²) in [5.41, 5.74) is 1.85. The lowest BCUT2D eigenvalue weighted by Gasteiger charge is -2.22. The molecule has 2 rings (SSSR count). The number of hydrogen-bond donors (Lipinski definition) is 2. The second-order valence-corrected chi connectivity index (χ2v) is 5.49. The molecule has 0 spiro atoms. The Balaban J connectivity index is 2.41. The van der Waals surface area contributed by atoms with E-state index in [9.17, 15) is 9.90 Å². The zero-order valence-electron chi connectivity index (χ0n) is 12.3. The molecule has 2 N–H and O–H groups in total. The van der Waals surface area contributed by atoms with Crippen molar-refractivity contribution in [3.05, 3.63) is 35.6 Å². The first-order valence-electron chi connectivity index (χ1n) is 6.88. The predicted octanol–water partition coefficient (Wildman–Crippen LogP) is 2.94. The van der Waals surface area contributed by atoms with E-state index in [1.165, 1.54) is 6.92 Å². The van der Waals surface area contributed by atoms with E-state index in [0.29, 0.717) is 0 Å². The summed E-state index contributed by atoms with van der Waals surface area (Å²) >= 11 is 0. The molecule has 1 aromatic heterocycles. The molecule has 1 heterocycles. The van der Waals surface area contributed by atoms with Gasteiger partial charge in [0.2, 0.25) is 5.91 Å². The van der Waals surface area contributed by atoms with Crippen molar-refractivity contribution < 1.29 is 14.3 Å². The summed E-state index contributed by atoms with van der Waals surface area (Å²) in [4.78, 5) is 11.8. The number of aliphatic hydroxyl groups excluding tert-OH is 1. The molecule has 0 aliphatic heterocycles. The van der Waals surface area contributed by atoms with Gasteiger partial charge >= 0.3 is 0 Å². The first-order valence-corrected chi connectivity index (χ1v) is 6.88. The van der Waals surface area contributed by atoms with Gasteiger partial charge in [0.05, 0.1) is 6.04 Å². The molecule has 20 heavy (non-hydrogen) atoms. The van der Waals surface area contributed by atoms with E-state index in [2.05, 4.69) is 5.32 Å². The van der Waals surface area contributed by atoms with Gasteiger partial charge in [-0.2, -0.15) is 0 Å². The van der Waals surface area contributed by atoms with Crippen molar-refractivity contribution in [1.29, 1.82) is 0 Å². The maximum Gasteiger partial charge on any atom is 0.249 e. The van der Waals surface area contributed by atoms with E-state index in [1.54, 1.807) is 0 Å². The summed E-state index contributed by atoms with van der Waals surface area (Å²) in [5, 5.41) is 13.3.